The van der Waals surface area contributed by atoms with Crippen LogP contribution in [0.1, 0.15) is 24.7 Å². The van der Waals surface area contributed by atoms with E-state index in [2.05, 4.69) is 0 Å². The molecule has 1 N–H and O–H groups in total. The first kappa shape index (κ1) is 5.98. The van der Waals surface area contributed by atoms with Crippen LogP contribution in [0.4, 0.5) is 0 Å². The van der Waals surface area contributed by atoms with Gasteiger partial charge in [0.15, 0.2) is 0 Å². The normalized spacial score (nSPS) is 20.9. The van der Waals surface area contributed by atoms with Crippen LogP contribution in [0.5, 0.6) is 0 Å². The summed E-state index contributed by atoms with van der Waals surface area (Å²) in [5.74, 6) is 1.17. The van der Waals surface area contributed by atoms with Crippen LogP contribution in [-0.4, -0.2) is 5.11 Å². The van der Waals surface area contributed by atoms with E-state index in [0.29, 0.717) is 11.7 Å². The van der Waals surface area contributed by atoms with Crippen LogP contribution < -0.4 is 0 Å². The Hall–Kier alpha value is -0.760. The third-order valence-corrected chi connectivity index (χ3v) is 1.90. The Morgan fingerprint density at radius 2 is 2.40 bits per heavy atom. The minimum Gasteiger partial charge on any atom is -0.467 e. The van der Waals surface area contributed by atoms with Crippen LogP contribution >= 0.6 is 0 Å². The Labute approximate surface area is 59.5 Å². The lowest BCUT2D eigenvalue weighted by molar-refractivity contribution is 0.127. The molecule has 0 unspecified atom stereocenters. The van der Waals surface area contributed by atoms with Crippen LogP contribution in [-0.2, 0) is 0 Å². The van der Waals surface area contributed by atoms with E-state index in [-0.39, 0.29) is 6.10 Å². The van der Waals surface area contributed by atoms with Crippen LogP contribution in [0.2, 0.25) is 0 Å². The lowest BCUT2D eigenvalue weighted by Gasteiger charge is -2.02. The number of hydrogen-bond donors (Lipinski definition) is 1. The molecule has 1 heterocycles. The van der Waals surface area contributed by atoms with E-state index in [0.717, 1.165) is 12.8 Å². The average Bonchev–Trinajstić information content (AvgIpc) is 2.65. The topological polar surface area (TPSA) is 33.4 Å². The van der Waals surface area contributed by atoms with Gasteiger partial charge in [-0.2, -0.15) is 0 Å². The fraction of sp³-hybridized carbons (Fsp3) is 0.500. The maximum absolute atomic E-state index is 9.46. The van der Waals surface area contributed by atoms with Gasteiger partial charge in [0, 0.05) is 0 Å². The van der Waals surface area contributed by atoms with E-state index >= 15 is 0 Å². The van der Waals surface area contributed by atoms with Gasteiger partial charge in [-0.1, -0.05) is 0 Å². The highest BCUT2D eigenvalue weighted by Gasteiger charge is 2.32. The standard InChI is InChI=1S/C8H10O2/c9-8(6-3-4-6)7-2-1-5-10-7/h1-2,5-6,8-9H,3-4H2/t8-/m0/s1. The molecule has 10 heavy (non-hydrogen) atoms. The molecule has 0 amide bonds. The monoisotopic (exact) mass is 138 g/mol. The zero-order valence-electron chi connectivity index (χ0n) is 5.66. The van der Waals surface area contributed by atoms with Crippen LogP contribution in [0.3, 0.4) is 0 Å². The summed E-state index contributed by atoms with van der Waals surface area (Å²) in [5, 5.41) is 9.46. The largest absolute Gasteiger partial charge is 0.467 e. The Morgan fingerprint density at radius 1 is 1.60 bits per heavy atom. The fourth-order valence-electron chi connectivity index (χ4n) is 1.10. The smallest absolute Gasteiger partial charge is 0.132 e. The maximum Gasteiger partial charge on any atom is 0.132 e. The first-order valence-corrected chi connectivity index (χ1v) is 3.59. The summed E-state index contributed by atoms with van der Waals surface area (Å²) >= 11 is 0. The molecule has 2 rings (SSSR count). The molecular weight excluding hydrogens is 128 g/mol. The van der Waals surface area contributed by atoms with E-state index in [1.54, 1.807) is 12.3 Å². The molecule has 0 aromatic carbocycles. The molecule has 1 aliphatic carbocycles. The minimum absolute atomic E-state index is 0.352. The first-order chi connectivity index (χ1) is 4.88. The number of hydrogen-bond acceptors (Lipinski definition) is 2. The van der Waals surface area contributed by atoms with Gasteiger partial charge in [0.1, 0.15) is 11.9 Å². The Balaban J connectivity index is 2.11. The van der Waals surface area contributed by atoms with Crippen molar-refractivity contribution in [3.8, 4) is 0 Å². The van der Waals surface area contributed by atoms with Gasteiger partial charge < -0.3 is 9.52 Å². The summed E-state index contributed by atoms with van der Waals surface area (Å²) in [6, 6.07) is 3.63. The van der Waals surface area contributed by atoms with Crippen molar-refractivity contribution in [3.63, 3.8) is 0 Å². The summed E-state index contributed by atoms with van der Waals surface area (Å²) in [6.07, 6.45) is 3.53. The molecular formula is C8H10O2. The molecule has 0 saturated heterocycles. The van der Waals surface area contributed by atoms with Gasteiger partial charge in [-0.15, -0.1) is 0 Å². The summed E-state index contributed by atoms with van der Waals surface area (Å²) in [5.41, 5.74) is 0. The lowest BCUT2D eigenvalue weighted by atomic mass is 10.2. The van der Waals surface area contributed by atoms with Crippen LogP contribution in [0.15, 0.2) is 22.8 Å². The van der Waals surface area contributed by atoms with E-state index in [1.807, 2.05) is 6.07 Å². The van der Waals surface area contributed by atoms with Crippen LogP contribution in [0.25, 0.3) is 0 Å². The van der Waals surface area contributed by atoms with Crippen molar-refractivity contribution in [1.82, 2.24) is 0 Å². The molecule has 0 aliphatic heterocycles. The molecule has 0 bridgehead atoms. The number of aliphatic hydroxyl groups excluding tert-OH is 1. The van der Waals surface area contributed by atoms with Crippen molar-refractivity contribution in [2.45, 2.75) is 18.9 Å². The molecule has 1 saturated carbocycles. The predicted molar refractivity (Wildman–Crippen MR) is 36.4 cm³/mol. The molecule has 2 heteroatoms. The average molecular weight is 138 g/mol. The number of furan rings is 1. The first-order valence-electron chi connectivity index (χ1n) is 3.59. The molecule has 1 aromatic rings. The second kappa shape index (κ2) is 2.13. The fourth-order valence-corrected chi connectivity index (χ4v) is 1.10. The predicted octanol–water partition coefficient (Wildman–Crippen LogP) is 1.72. The quantitative estimate of drug-likeness (QED) is 0.675. The van der Waals surface area contributed by atoms with Crippen molar-refractivity contribution in [3.05, 3.63) is 24.2 Å². The third-order valence-electron chi connectivity index (χ3n) is 1.90. The second-order valence-corrected chi connectivity index (χ2v) is 2.80. The summed E-state index contributed by atoms with van der Waals surface area (Å²) in [6.45, 7) is 0. The van der Waals surface area contributed by atoms with Gasteiger partial charge in [-0.3, -0.25) is 0 Å². The van der Waals surface area contributed by atoms with Crippen molar-refractivity contribution in [2.24, 2.45) is 5.92 Å². The van der Waals surface area contributed by atoms with Gasteiger partial charge in [0.2, 0.25) is 0 Å². The summed E-state index contributed by atoms with van der Waals surface area (Å²) in [7, 11) is 0. The van der Waals surface area contributed by atoms with E-state index in [4.69, 9.17) is 4.42 Å². The zero-order chi connectivity index (χ0) is 6.97. The lowest BCUT2D eigenvalue weighted by Crippen LogP contribution is -1.96. The second-order valence-electron chi connectivity index (χ2n) is 2.80. The van der Waals surface area contributed by atoms with Crippen molar-refractivity contribution >= 4 is 0 Å². The SMILES string of the molecule is O[C@H](c1ccco1)C1CC1. The Morgan fingerprint density at radius 3 is 2.90 bits per heavy atom. The van der Waals surface area contributed by atoms with Crippen molar-refractivity contribution in [1.29, 1.82) is 0 Å². The van der Waals surface area contributed by atoms with Gasteiger partial charge in [-0.25, -0.2) is 0 Å². The number of rotatable bonds is 2. The van der Waals surface area contributed by atoms with E-state index < -0.39 is 0 Å². The third kappa shape index (κ3) is 0.948. The molecule has 0 radical (unpaired) electrons. The zero-order valence-corrected chi connectivity index (χ0v) is 5.66. The maximum atomic E-state index is 9.46. The summed E-state index contributed by atoms with van der Waals surface area (Å²) in [4.78, 5) is 0. The molecule has 2 nitrogen and oxygen atoms in total. The van der Waals surface area contributed by atoms with Gasteiger partial charge >= 0.3 is 0 Å². The Bertz CT molecular complexity index is 199. The summed E-state index contributed by atoms with van der Waals surface area (Å²) < 4.78 is 5.05. The van der Waals surface area contributed by atoms with Gasteiger partial charge in [0.05, 0.1) is 6.26 Å². The molecule has 0 spiro atoms. The van der Waals surface area contributed by atoms with E-state index in [9.17, 15) is 5.11 Å². The van der Waals surface area contributed by atoms with E-state index in [1.165, 1.54) is 0 Å². The molecule has 54 valence electrons. The van der Waals surface area contributed by atoms with Crippen LogP contribution in [0, 0.1) is 5.92 Å². The molecule has 1 fully saturated rings. The van der Waals surface area contributed by atoms with Crippen molar-refractivity contribution in [2.75, 3.05) is 0 Å². The molecule has 1 atom stereocenters. The Kier molecular flexibility index (Phi) is 1.27. The van der Waals surface area contributed by atoms with Gasteiger partial charge in [-0.05, 0) is 30.9 Å². The molecule has 1 aromatic heterocycles. The van der Waals surface area contributed by atoms with Gasteiger partial charge in [0.25, 0.3) is 0 Å². The highest BCUT2D eigenvalue weighted by molar-refractivity contribution is 5.05. The highest BCUT2D eigenvalue weighted by Crippen LogP contribution is 2.40. The minimum atomic E-state index is -0.352. The van der Waals surface area contributed by atoms with Crippen molar-refractivity contribution < 1.29 is 9.52 Å². The number of aliphatic hydroxyl groups is 1. The highest BCUT2D eigenvalue weighted by atomic mass is 16.4. The molecule has 1 aliphatic rings.